The van der Waals surface area contributed by atoms with Crippen LogP contribution in [0.1, 0.15) is 31.4 Å². The SMILES string of the molecule is CCC(NC(=O)[C@@H](N)CCSC)c1ccc(F)cc1F.Cl. The maximum Gasteiger partial charge on any atom is 0.237 e. The lowest BCUT2D eigenvalue weighted by Gasteiger charge is -2.20. The fourth-order valence-electron chi connectivity index (χ4n) is 1.84. The zero-order valence-corrected chi connectivity index (χ0v) is 13.7. The van der Waals surface area contributed by atoms with Gasteiger partial charge in [0.25, 0.3) is 0 Å². The second kappa shape index (κ2) is 9.97. The van der Waals surface area contributed by atoms with E-state index >= 15 is 0 Å². The summed E-state index contributed by atoms with van der Waals surface area (Å²) in [6, 6.07) is 2.24. The van der Waals surface area contributed by atoms with Gasteiger partial charge in [-0.1, -0.05) is 13.0 Å². The molecule has 0 heterocycles. The number of nitrogens with one attached hydrogen (secondary N) is 1. The number of hydrogen-bond acceptors (Lipinski definition) is 3. The molecule has 2 atom stereocenters. The van der Waals surface area contributed by atoms with E-state index in [1.54, 1.807) is 11.8 Å². The molecule has 0 fully saturated rings. The van der Waals surface area contributed by atoms with E-state index in [0.29, 0.717) is 12.8 Å². The van der Waals surface area contributed by atoms with Crippen LogP contribution in [0.3, 0.4) is 0 Å². The van der Waals surface area contributed by atoms with Crippen molar-refractivity contribution >= 4 is 30.1 Å². The van der Waals surface area contributed by atoms with E-state index in [2.05, 4.69) is 5.32 Å². The van der Waals surface area contributed by atoms with Gasteiger partial charge >= 0.3 is 0 Å². The van der Waals surface area contributed by atoms with Crippen LogP contribution >= 0.6 is 24.2 Å². The lowest BCUT2D eigenvalue weighted by atomic mass is 10.0. The summed E-state index contributed by atoms with van der Waals surface area (Å²) < 4.78 is 26.6. The standard InChI is InChI=1S/C14H20F2N2OS.ClH/c1-3-13(10-5-4-9(15)8-11(10)16)18-14(19)12(17)6-7-20-2;/h4-5,8,12-13H,3,6-7,17H2,1-2H3,(H,18,19);1H/t12-,13?;/m0./s1. The summed E-state index contributed by atoms with van der Waals surface area (Å²) in [5.74, 6) is -0.815. The maximum atomic E-state index is 13.7. The van der Waals surface area contributed by atoms with Gasteiger partial charge in [-0.25, -0.2) is 8.78 Å². The average Bonchev–Trinajstić information content (AvgIpc) is 2.42. The second-order valence-corrected chi connectivity index (χ2v) is 5.51. The summed E-state index contributed by atoms with van der Waals surface area (Å²) in [4.78, 5) is 11.9. The Kier molecular flexibility index (Phi) is 9.57. The molecule has 1 unspecified atom stereocenters. The van der Waals surface area contributed by atoms with Crippen molar-refractivity contribution in [2.75, 3.05) is 12.0 Å². The fourth-order valence-corrected chi connectivity index (χ4v) is 2.33. The molecule has 0 saturated carbocycles. The zero-order valence-electron chi connectivity index (χ0n) is 12.1. The fraction of sp³-hybridized carbons (Fsp3) is 0.500. The third-order valence-corrected chi connectivity index (χ3v) is 3.68. The number of amides is 1. The average molecular weight is 339 g/mol. The Morgan fingerprint density at radius 1 is 1.43 bits per heavy atom. The van der Waals surface area contributed by atoms with E-state index in [0.717, 1.165) is 11.8 Å². The highest BCUT2D eigenvalue weighted by molar-refractivity contribution is 7.98. The Morgan fingerprint density at radius 2 is 2.10 bits per heavy atom. The molecule has 0 aromatic heterocycles. The summed E-state index contributed by atoms with van der Waals surface area (Å²) in [5, 5.41) is 2.72. The second-order valence-electron chi connectivity index (χ2n) is 4.52. The van der Waals surface area contributed by atoms with Crippen LogP contribution in [0.2, 0.25) is 0 Å². The van der Waals surface area contributed by atoms with E-state index in [9.17, 15) is 13.6 Å². The molecule has 0 radical (unpaired) electrons. The van der Waals surface area contributed by atoms with Crippen LogP contribution < -0.4 is 11.1 Å². The lowest BCUT2D eigenvalue weighted by Crippen LogP contribution is -2.42. The molecular formula is C14H21ClF2N2OS. The molecule has 0 spiro atoms. The van der Waals surface area contributed by atoms with Crippen LogP contribution in [-0.2, 0) is 4.79 Å². The molecule has 7 heteroatoms. The largest absolute Gasteiger partial charge is 0.348 e. The summed E-state index contributed by atoms with van der Waals surface area (Å²) in [6.45, 7) is 1.82. The predicted molar refractivity (Wildman–Crippen MR) is 85.8 cm³/mol. The highest BCUT2D eigenvalue weighted by atomic mass is 35.5. The van der Waals surface area contributed by atoms with E-state index in [1.807, 2.05) is 13.2 Å². The number of benzene rings is 1. The minimum absolute atomic E-state index is 0. The highest BCUT2D eigenvalue weighted by Crippen LogP contribution is 2.21. The monoisotopic (exact) mass is 338 g/mol. The van der Waals surface area contributed by atoms with Crippen LogP contribution in [0.25, 0.3) is 0 Å². The van der Waals surface area contributed by atoms with Crippen molar-refractivity contribution in [2.24, 2.45) is 5.73 Å². The van der Waals surface area contributed by atoms with Gasteiger partial charge in [-0.2, -0.15) is 11.8 Å². The molecule has 0 bridgehead atoms. The Hall–Kier alpha value is -0.850. The molecular weight excluding hydrogens is 318 g/mol. The quantitative estimate of drug-likeness (QED) is 0.803. The van der Waals surface area contributed by atoms with E-state index < -0.39 is 23.7 Å². The van der Waals surface area contributed by atoms with Gasteiger partial charge < -0.3 is 11.1 Å². The predicted octanol–water partition coefficient (Wildman–Crippen LogP) is 3.03. The van der Waals surface area contributed by atoms with Gasteiger partial charge in [-0.15, -0.1) is 12.4 Å². The number of carbonyl (C=O) groups excluding carboxylic acids is 1. The highest BCUT2D eigenvalue weighted by Gasteiger charge is 2.20. The molecule has 1 aromatic carbocycles. The number of carbonyl (C=O) groups is 1. The first-order valence-electron chi connectivity index (χ1n) is 6.49. The van der Waals surface area contributed by atoms with Crippen LogP contribution in [-0.4, -0.2) is 24.0 Å². The minimum atomic E-state index is -0.658. The van der Waals surface area contributed by atoms with Crippen molar-refractivity contribution in [3.8, 4) is 0 Å². The van der Waals surface area contributed by atoms with Gasteiger partial charge in [-0.05, 0) is 30.9 Å². The number of nitrogens with two attached hydrogens (primary N) is 1. The maximum absolute atomic E-state index is 13.7. The first-order valence-corrected chi connectivity index (χ1v) is 7.88. The molecule has 120 valence electrons. The molecule has 0 aliphatic rings. The van der Waals surface area contributed by atoms with Crippen molar-refractivity contribution in [3.05, 3.63) is 35.4 Å². The molecule has 0 aliphatic carbocycles. The normalized spacial score (nSPS) is 13.2. The number of hydrogen-bond donors (Lipinski definition) is 2. The summed E-state index contributed by atoms with van der Waals surface area (Å²) in [7, 11) is 0. The van der Waals surface area contributed by atoms with Crippen LogP contribution in [0.4, 0.5) is 8.78 Å². The zero-order chi connectivity index (χ0) is 15.1. The van der Waals surface area contributed by atoms with Gasteiger partial charge in [0.2, 0.25) is 5.91 Å². The van der Waals surface area contributed by atoms with E-state index in [4.69, 9.17) is 5.73 Å². The van der Waals surface area contributed by atoms with Crippen molar-refractivity contribution in [1.29, 1.82) is 0 Å². The first kappa shape index (κ1) is 20.1. The van der Waals surface area contributed by atoms with Crippen LogP contribution in [0, 0.1) is 11.6 Å². The molecule has 1 aromatic rings. The van der Waals surface area contributed by atoms with Gasteiger partial charge in [0.1, 0.15) is 11.6 Å². The first-order chi connectivity index (χ1) is 9.49. The summed E-state index contributed by atoms with van der Waals surface area (Å²) in [5.41, 5.74) is 6.04. The molecule has 1 rings (SSSR count). The van der Waals surface area contributed by atoms with E-state index in [-0.39, 0.29) is 23.9 Å². The molecule has 0 saturated heterocycles. The number of halogens is 3. The minimum Gasteiger partial charge on any atom is -0.348 e. The third kappa shape index (κ3) is 6.20. The Morgan fingerprint density at radius 3 is 2.62 bits per heavy atom. The molecule has 21 heavy (non-hydrogen) atoms. The Bertz CT molecular complexity index is 463. The van der Waals surface area contributed by atoms with Crippen LogP contribution in [0.5, 0.6) is 0 Å². The molecule has 3 nitrogen and oxygen atoms in total. The van der Waals surface area contributed by atoms with Gasteiger partial charge in [0, 0.05) is 11.6 Å². The summed E-state index contributed by atoms with van der Waals surface area (Å²) in [6.07, 6.45) is 3.01. The van der Waals surface area contributed by atoms with Crippen molar-refractivity contribution in [3.63, 3.8) is 0 Å². The topological polar surface area (TPSA) is 55.1 Å². The molecule has 3 N–H and O–H groups in total. The number of rotatable bonds is 7. The van der Waals surface area contributed by atoms with Crippen molar-refractivity contribution in [2.45, 2.75) is 31.8 Å². The van der Waals surface area contributed by atoms with Gasteiger partial charge in [0.05, 0.1) is 12.1 Å². The third-order valence-electron chi connectivity index (χ3n) is 3.03. The lowest BCUT2D eigenvalue weighted by molar-refractivity contribution is -0.123. The van der Waals surface area contributed by atoms with Gasteiger partial charge in [-0.3, -0.25) is 4.79 Å². The number of thioether (sulfide) groups is 1. The van der Waals surface area contributed by atoms with Crippen molar-refractivity contribution in [1.82, 2.24) is 5.32 Å². The Labute approximate surface area is 134 Å². The van der Waals surface area contributed by atoms with Gasteiger partial charge in [0.15, 0.2) is 0 Å². The molecule has 0 aliphatic heterocycles. The van der Waals surface area contributed by atoms with E-state index in [1.165, 1.54) is 12.1 Å². The smallest absolute Gasteiger partial charge is 0.237 e. The van der Waals surface area contributed by atoms with Crippen molar-refractivity contribution < 1.29 is 13.6 Å². The van der Waals surface area contributed by atoms with Crippen LogP contribution in [0.15, 0.2) is 18.2 Å². The Balaban J connectivity index is 0.00000400. The summed E-state index contributed by atoms with van der Waals surface area (Å²) >= 11 is 1.61. The molecule has 1 amide bonds.